The van der Waals surface area contributed by atoms with Crippen molar-refractivity contribution in [3.8, 4) is 11.8 Å². The number of hydrogen-bond acceptors (Lipinski definition) is 4. The number of nitrogens with one attached hydrogen (secondary N) is 1. The topological polar surface area (TPSA) is 63.1 Å². The van der Waals surface area contributed by atoms with E-state index in [1.54, 1.807) is 11.7 Å². The molecule has 0 bridgehead atoms. The number of likely N-dealkylation sites (tertiary alicyclic amines) is 1. The van der Waals surface area contributed by atoms with Gasteiger partial charge in [-0.05, 0) is 51.1 Å². The summed E-state index contributed by atoms with van der Waals surface area (Å²) in [5.74, 6) is 6.55. The predicted molar refractivity (Wildman–Crippen MR) is 107 cm³/mol. The van der Waals surface area contributed by atoms with Crippen LogP contribution in [-0.2, 0) is 11.3 Å². The maximum absolute atomic E-state index is 12.9. The SMILES string of the molecule is COCCn1c(=O)c2c(C)[nH]nc2c2cc(C#CCN3CCCC3)ccc21. The molecular formula is C21H24N4O2. The van der Waals surface area contributed by atoms with Crippen LogP contribution in [0.25, 0.3) is 21.8 Å². The fraction of sp³-hybridized carbons (Fsp3) is 0.429. The highest BCUT2D eigenvalue weighted by Crippen LogP contribution is 2.24. The number of benzene rings is 1. The fourth-order valence-electron chi connectivity index (χ4n) is 3.77. The Morgan fingerprint density at radius 1 is 1.30 bits per heavy atom. The predicted octanol–water partition coefficient (Wildman–Crippen LogP) is 2.28. The van der Waals surface area contributed by atoms with Crippen LogP contribution in [-0.4, -0.2) is 53.0 Å². The molecule has 1 aliphatic heterocycles. The zero-order chi connectivity index (χ0) is 18.8. The van der Waals surface area contributed by atoms with Gasteiger partial charge in [0.2, 0.25) is 0 Å². The van der Waals surface area contributed by atoms with Crippen molar-refractivity contribution in [2.45, 2.75) is 26.3 Å². The summed E-state index contributed by atoms with van der Waals surface area (Å²) in [6.07, 6.45) is 2.54. The van der Waals surface area contributed by atoms with Gasteiger partial charge in [-0.15, -0.1) is 0 Å². The smallest absolute Gasteiger partial charge is 0.262 e. The molecule has 2 aromatic heterocycles. The Morgan fingerprint density at radius 2 is 2.11 bits per heavy atom. The van der Waals surface area contributed by atoms with Crippen molar-refractivity contribution in [2.75, 3.05) is 33.4 Å². The lowest BCUT2D eigenvalue weighted by atomic mass is 10.1. The van der Waals surface area contributed by atoms with Gasteiger partial charge in [-0.2, -0.15) is 5.10 Å². The lowest BCUT2D eigenvalue weighted by Gasteiger charge is -2.11. The molecule has 1 aliphatic rings. The van der Waals surface area contributed by atoms with Gasteiger partial charge >= 0.3 is 0 Å². The van der Waals surface area contributed by atoms with Crippen molar-refractivity contribution in [3.05, 3.63) is 39.8 Å². The van der Waals surface area contributed by atoms with Gasteiger partial charge < -0.3 is 9.30 Å². The van der Waals surface area contributed by atoms with Gasteiger partial charge in [-0.25, -0.2) is 0 Å². The highest BCUT2D eigenvalue weighted by Gasteiger charge is 2.15. The van der Waals surface area contributed by atoms with Gasteiger partial charge in [0.1, 0.15) is 5.52 Å². The number of pyridine rings is 1. The Bertz CT molecular complexity index is 1090. The number of ether oxygens (including phenoxy) is 1. The molecular weight excluding hydrogens is 340 g/mol. The summed E-state index contributed by atoms with van der Waals surface area (Å²) in [5.41, 5.74) is 3.27. The molecule has 1 saturated heterocycles. The molecule has 3 heterocycles. The van der Waals surface area contributed by atoms with Gasteiger partial charge in [0.05, 0.1) is 24.1 Å². The third-order valence-corrected chi connectivity index (χ3v) is 5.20. The molecule has 6 nitrogen and oxygen atoms in total. The number of aromatic amines is 1. The van der Waals surface area contributed by atoms with Crippen LogP contribution in [0.15, 0.2) is 23.0 Å². The molecule has 0 atom stereocenters. The molecule has 0 unspecified atom stereocenters. The minimum Gasteiger partial charge on any atom is -0.383 e. The Balaban J connectivity index is 1.80. The minimum absolute atomic E-state index is 0.0336. The maximum atomic E-state index is 12.9. The van der Waals surface area contributed by atoms with E-state index in [1.807, 2.05) is 25.1 Å². The first-order chi connectivity index (χ1) is 13.2. The van der Waals surface area contributed by atoms with Crippen molar-refractivity contribution in [2.24, 2.45) is 0 Å². The van der Waals surface area contributed by atoms with Crippen LogP contribution in [0.4, 0.5) is 0 Å². The van der Waals surface area contributed by atoms with Crippen molar-refractivity contribution in [1.82, 2.24) is 19.7 Å². The van der Waals surface area contributed by atoms with E-state index in [0.29, 0.717) is 24.1 Å². The van der Waals surface area contributed by atoms with E-state index in [4.69, 9.17) is 4.74 Å². The second-order valence-corrected chi connectivity index (χ2v) is 7.04. The number of nitrogens with zero attached hydrogens (tertiary/aromatic N) is 3. The molecule has 0 radical (unpaired) electrons. The van der Waals surface area contributed by atoms with E-state index in [-0.39, 0.29) is 5.56 Å². The van der Waals surface area contributed by atoms with E-state index in [2.05, 4.69) is 26.9 Å². The van der Waals surface area contributed by atoms with Gasteiger partial charge in [0, 0.05) is 30.3 Å². The number of methoxy groups -OCH3 is 1. The average Bonchev–Trinajstić information content (AvgIpc) is 3.32. The fourth-order valence-corrected chi connectivity index (χ4v) is 3.77. The highest BCUT2D eigenvalue weighted by atomic mass is 16.5. The molecule has 0 amide bonds. The van der Waals surface area contributed by atoms with Crippen molar-refractivity contribution in [1.29, 1.82) is 0 Å². The van der Waals surface area contributed by atoms with Gasteiger partial charge in [-0.3, -0.25) is 14.8 Å². The number of rotatable bonds is 4. The van der Waals surface area contributed by atoms with Crippen LogP contribution in [0.1, 0.15) is 24.1 Å². The Hall–Kier alpha value is -2.62. The van der Waals surface area contributed by atoms with E-state index >= 15 is 0 Å². The van der Waals surface area contributed by atoms with Gasteiger partial charge in [0.25, 0.3) is 5.56 Å². The maximum Gasteiger partial charge on any atom is 0.262 e. The molecule has 1 fully saturated rings. The van der Waals surface area contributed by atoms with Crippen molar-refractivity contribution in [3.63, 3.8) is 0 Å². The average molecular weight is 364 g/mol. The summed E-state index contributed by atoms with van der Waals surface area (Å²) in [6, 6.07) is 5.99. The van der Waals surface area contributed by atoms with Crippen LogP contribution in [0, 0.1) is 18.8 Å². The second-order valence-electron chi connectivity index (χ2n) is 7.04. The number of H-pyrrole nitrogens is 1. The van der Waals surface area contributed by atoms with Crippen LogP contribution < -0.4 is 5.56 Å². The van der Waals surface area contributed by atoms with Crippen molar-refractivity contribution < 1.29 is 4.74 Å². The van der Waals surface area contributed by atoms with Gasteiger partial charge in [-0.1, -0.05) is 11.8 Å². The first-order valence-electron chi connectivity index (χ1n) is 9.40. The number of aromatic nitrogens is 3. The van der Waals surface area contributed by atoms with Gasteiger partial charge in [0.15, 0.2) is 0 Å². The largest absolute Gasteiger partial charge is 0.383 e. The Labute approximate surface area is 158 Å². The summed E-state index contributed by atoms with van der Waals surface area (Å²) >= 11 is 0. The van der Waals surface area contributed by atoms with Crippen LogP contribution in [0.5, 0.6) is 0 Å². The summed E-state index contributed by atoms with van der Waals surface area (Å²) in [7, 11) is 1.64. The van der Waals surface area contributed by atoms with Crippen LogP contribution in [0.3, 0.4) is 0 Å². The first kappa shape index (κ1) is 17.8. The minimum atomic E-state index is -0.0336. The molecule has 4 rings (SSSR count). The summed E-state index contributed by atoms with van der Waals surface area (Å²) in [5, 5.41) is 8.92. The Kier molecular flexibility index (Phi) is 4.97. The molecule has 3 aromatic rings. The summed E-state index contributed by atoms with van der Waals surface area (Å²) in [4.78, 5) is 15.3. The van der Waals surface area contributed by atoms with Crippen LogP contribution >= 0.6 is 0 Å². The van der Waals surface area contributed by atoms with Crippen molar-refractivity contribution >= 4 is 21.8 Å². The third-order valence-electron chi connectivity index (χ3n) is 5.20. The molecule has 0 aliphatic carbocycles. The number of hydrogen-bond donors (Lipinski definition) is 1. The molecule has 1 aromatic carbocycles. The zero-order valence-electron chi connectivity index (χ0n) is 15.8. The molecule has 27 heavy (non-hydrogen) atoms. The third kappa shape index (κ3) is 3.36. The molecule has 0 spiro atoms. The highest BCUT2D eigenvalue weighted by molar-refractivity contribution is 6.04. The lowest BCUT2D eigenvalue weighted by Crippen LogP contribution is -2.23. The lowest BCUT2D eigenvalue weighted by molar-refractivity contribution is 0.187. The van der Waals surface area contributed by atoms with Crippen LogP contribution in [0.2, 0.25) is 0 Å². The second kappa shape index (κ2) is 7.55. The summed E-state index contributed by atoms with van der Waals surface area (Å²) < 4.78 is 6.96. The molecule has 6 heteroatoms. The molecule has 140 valence electrons. The number of aryl methyl sites for hydroxylation is 1. The monoisotopic (exact) mass is 364 g/mol. The molecule has 0 saturated carbocycles. The normalized spacial score (nSPS) is 14.7. The number of fused-ring (bicyclic) bond motifs is 3. The zero-order valence-corrected chi connectivity index (χ0v) is 15.8. The van der Waals surface area contributed by atoms with E-state index in [9.17, 15) is 4.79 Å². The van der Waals surface area contributed by atoms with E-state index in [0.717, 1.165) is 41.8 Å². The Morgan fingerprint density at radius 3 is 2.89 bits per heavy atom. The van der Waals surface area contributed by atoms with E-state index < -0.39 is 0 Å². The molecule has 1 N–H and O–H groups in total. The first-order valence-corrected chi connectivity index (χ1v) is 9.40. The summed E-state index contributed by atoms with van der Waals surface area (Å²) in [6.45, 7) is 5.96. The quantitative estimate of drug-likeness (QED) is 0.722. The van der Waals surface area contributed by atoms with E-state index in [1.165, 1.54) is 12.8 Å². The standard InChI is InChI=1S/C21H24N4O2/c1-15-19-20(23-22-15)17-14-16(6-5-11-24-9-3-4-10-24)7-8-18(17)25(21(19)26)12-13-27-2/h7-8,14H,3-4,9-13H2,1-2H3,(H,22,23).